The SMILES string of the molecule is COC(=O)Nc1cc(Oc2ccccc2C)c(C#N)cc1Br. The second kappa shape index (κ2) is 6.96. The molecule has 1 amide bonds. The number of nitrogens with zero attached hydrogens (tertiary/aromatic N) is 1. The van der Waals surface area contributed by atoms with Crippen molar-refractivity contribution < 1.29 is 14.3 Å². The van der Waals surface area contributed by atoms with Gasteiger partial charge in [0.25, 0.3) is 0 Å². The molecule has 0 saturated heterocycles. The molecule has 22 heavy (non-hydrogen) atoms. The molecule has 0 aliphatic heterocycles. The third-order valence-corrected chi connectivity index (χ3v) is 3.58. The number of hydrogen-bond donors (Lipinski definition) is 1. The summed E-state index contributed by atoms with van der Waals surface area (Å²) in [5.74, 6) is 0.997. The van der Waals surface area contributed by atoms with Gasteiger partial charge in [-0.15, -0.1) is 0 Å². The summed E-state index contributed by atoms with van der Waals surface area (Å²) in [5, 5.41) is 11.8. The molecular weight excluding hydrogens is 348 g/mol. The first-order chi connectivity index (χ1) is 10.5. The second-order valence-corrected chi connectivity index (χ2v) is 5.28. The van der Waals surface area contributed by atoms with Crippen LogP contribution in [-0.4, -0.2) is 13.2 Å². The maximum absolute atomic E-state index is 11.4. The van der Waals surface area contributed by atoms with Crippen LogP contribution in [0.2, 0.25) is 0 Å². The molecule has 0 bridgehead atoms. The van der Waals surface area contributed by atoms with Gasteiger partial charge in [-0.3, -0.25) is 5.32 Å². The number of nitriles is 1. The summed E-state index contributed by atoms with van der Waals surface area (Å²) in [6, 6.07) is 12.7. The molecule has 5 nitrogen and oxygen atoms in total. The Morgan fingerprint density at radius 2 is 2.00 bits per heavy atom. The fraction of sp³-hybridized carbons (Fsp3) is 0.125. The van der Waals surface area contributed by atoms with Gasteiger partial charge in [-0.05, 0) is 40.5 Å². The van der Waals surface area contributed by atoms with Crippen LogP contribution < -0.4 is 10.1 Å². The number of carbonyl (C=O) groups excluding carboxylic acids is 1. The molecule has 0 aliphatic rings. The smallest absolute Gasteiger partial charge is 0.411 e. The van der Waals surface area contributed by atoms with E-state index in [1.54, 1.807) is 12.1 Å². The highest BCUT2D eigenvalue weighted by Crippen LogP contribution is 2.34. The maximum Gasteiger partial charge on any atom is 0.411 e. The zero-order chi connectivity index (χ0) is 16.1. The van der Waals surface area contributed by atoms with Crippen LogP contribution in [0.1, 0.15) is 11.1 Å². The summed E-state index contributed by atoms with van der Waals surface area (Å²) in [4.78, 5) is 11.4. The normalized spacial score (nSPS) is 9.73. The Bertz CT molecular complexity index is 754. The lowest BCUT2D eigenvalue weighted by molar-refractivity contribution is 0.187. The van der Waals surface area contributed by atoms with Crippen LogP contribution in [0, 0.1) is 18.3 Å². The molecule has 6 heteroatoms. The third-order valence-electron chi connectivity index (χ3n) is 2.93. The molecule has 0 atom stereocenters. The van der Waals surface area contributed by atoms with Crippen molar-refractivity contribution in [2.45, 2.75) is 6.92 Å². The molecule has 0 spiro atoms. The molecule has 0 saturated carbocycles. The zero-order valence-corrected chi connectivity index (χ0v) is 13.6. The van der Waals surface area contributed by atoms with Crippen molar-refractivity contribution in [2.75, 3.05) is 12.4 Å². The van der Waals surface area contributed by atoms with Crippen molar-refractivity contribution in [1.82, 2.24) is 0 Å². The fourth-order valence-corrected chi connectivity index (χ4v) is 2.21. The van der Waals surface area contributed by atoms with E-state index in [9.17, 15) is 10.1 Å². The van der Waals surface area contributed by atoms with Gasteiger partial charge in [-0.2, -0.15) is 5.26 Å². The van der Waals surface area contributed by atoms with E-state index in [-0.39, 0.29) is 0 Å². The minimum absolute atomic E-state index is 0.352. The molecule has 2 rings (SSSR count). The van der Waals surface area contributed by atoms with E-state index in [4.69, 9.17) is 4.74 Å². The largest absolute Gasteiger partial charge is 0.456 e. The molecule has 2 aromatic rings. The van der Waals surface area contributed by atoms with Gasteiger partial charge in [0.2, 0.25) is 0 Å². The Kier molecular flexibility index (Phi) is 5.02. The topological polar surface area (TPSA) is 71.3 Å². The van der Waals surface area contributed by atoms with Crippen LogP contribution in [0.25, 0.3) is 0 Å². The van der Waals surface area contributed by atoms with Gasteiger partial charge in [0.05, 0.1) is 18.4 Å². The average Bonchev–Trinajstić information content (AvgIpc) is 2.52. The van der Waals surface area contributed by atoms with E-state index < -0.39 is 6.09 Å². The van der Waals surface area contributed by atoms with Gasteiger partial charge in [0.1, 0.15) is 17.6 Å². The van der Waals surface area contributed by atoms with Gasteiger partial charge >= 0.3 is 6.09 Å². The first-order valence-electron chi connectivity index (χ1n) is 6.37. The van der Waals surface area contributed by atoms with Gasteiger partial charge < -0.3 is 9.47 Å². The molecular formula is C16H13BrN2O3. The van der Waals surface area contributed by atoms with Crippen molar-refractivity contribution in [3.8, 4) is 17.6 Å². The molecule has 0 radical (unpaired) electrons. The lowest BCUT2D eigenvalue weighted by Gasteiger charge is -2.13. The van der Waals surface area contributed by atoms with E-state index in [0.29, 0.717) is 27.2 Å². The van der Waals surface area contributed by atoms with E-state index >= 15 is 0 Å². The van der Waals surface area contributed by atoms with Crippen LogP contribution in [0.4, 0.5) is 10.5 Å². The van der Waals surface area contributed by atoms with Crippen LogP contribution in [0.5, 0.6) is 11.5 Å². The molecule has 0 heterocycles. The number of ether oxygens (including phenoxy) is 2. The molecule has 0 aliphatic carbocycles. The summed E-state index contributed by atoms with van der Waals surface area (Å²) in [6.07, 6.45) is -0.604. The molecule has 0 fully saturated rings. The highest BCUT2D eigenvalue weighted by Gasteiger charge is 2.13. The van der Waals surface area contributed by atoms with E-state index in [1.165, 1.54) is 7.11 Å². The molecule has 1 N–H and O–H groups in total. The van der Waals surface area contributed by atoms with Crippen LogP contribution in [0.3, 0.4) is 0 Å². The first-order valence-corrected chi connectivity index (χ1v) is 7.16. The zero-order valence-electron chi connectivity index (χ0n) is 12.0. The highest BCUT2D eigenvalue weighted by atomic mass is 79.9. The maximum atomic E-state index is 11.4. The molecule has 2 aromatic carbocycles. The lowest BCUT2D eigenvalue weighted by atomic mass is 10.2. The van der Waals surface area contributed by atoms with Gasteiger partial charge in [0.15, 0.2) is 0 Å². The number of para-hydroxylation sites is 1. The molecule has 0 aromatic heterocycles. The number of amides is 1. The Hall–Kier alpha value is -2.52. The number of halogens is 1. The summed E-state index contributed by atoms with van der Waals surface area (Å²) < 4.78 is 10.9. The number of hydrogen-bond acceptors (Lipinski definition) is 4. The van der Waals surface area contributed by atoms with Crippen molar-refractivity contribution in [3.05, 3.63) is 52.0 Å². The van der Waals surface area contributed by atoms with Crippen molar-refractivity contribution in [1.29, 1.82) is 5.26 Å². The highest BCUT2D eigenvalue weighted by molar-refractivity contribution is 9.10. The molecule has 0 unspecified atom stereocenters. The van der Waals surface area contributed by atoms with Crippen LogP contribution >= 0.6 is 15.9 Å². The fourth-order valence-electron chi connectivity index (χ4n) is 1.77. The Morgan fingerprint density at radius 1 is 1.27 bits per heavy atom. The van der Waals surface area contributed by atoms with E-state index in [1.807, 2.05) is 31.2 Å². The Balaban J connectivity index is 2.41. The lowest BCUT2D eigenvalue weighted by Crippen LogP contribution is -2.11. The van der Waals surface area contributed by atoms with Crippen molar-refractivity contribution in [3.63, 3.8) is 0 Å². The van der Waals surface area contributed by atoms with Crippen LogP contribution in [-0.2, 0) is 4.74 Å². The van der Waals surface area contributed by atoms with Gasteiger partial charge in [-0.1, -0.05) is 18.2 Å². The number of carbonyl (C=O) groups is 1. The Morgan fingerprint density at radius 3 is 2.64 bits per heavy atom. The monoisotopic (exact) mass is 360 g/mol. The summed E-state index contributed by atoms with van der Waals surface area (Å²) in [5.41, 5.74) is 1.75. The standard InChI is InChI=1S/C16H13BrN2O3/c1-10-5-3-4-6-14(10)22-15-8-13(19-16(20)21-2)12(17)7-11(15)9-18/h3-8H,1-2H3,(H,19,20). The van der Waals surface area contributed by atoms with Crippen molar-refractivity contribution >= 4 is 27.7 Å². The quantitative estimate of drug-likeness (QED) is 0.867. The average molecular weight is 361 g/mol. The van der Waals surface area contributed by atoms with Gasteiger partial charge in [0, 0.05) is 10.5 Å². The van der Waals surface area contributed by atoms with Crippen molar-refractivity contribution in [2.24, 2.45) is 0 Å². The van der Waals surface area contributed by atoms with Crippen LogP contribution in [0.15, 0.2) is 40.9 Å². The van der Waals surface area contributed by atoms with E-state index in [2.05, 4.69) is 32.1 Å². The predicted octanol–water partition coefficient (Wildman–Crippen LogP) is 4.60. The third kappa shape index (κ3) is 3.57. The number of methoxy groups -OCH3 is 1. The van der Waals surface area contributed by atoms with E-state index in [0.717, 1.165) is 5.56 Å². The summed E-state index contributed by atoms with van der Waals surface area (Å²) in [7, 11) is 1.28. The number of nitrogens with one attached hydrogen (secondary N) is 1. The number of aryl methyl sites for hydroxylation is 1. The Labute approximate surface area is 136 Å². The second-order valence-electron chi connectivity index (χ2n) is 4.42. The number of rotatable bonds is 3. The summed E-state index contributed by atoms with van der Waals surface area (Å²) >= 11 is 3.30. The summed E-state index contributed by atoms with van der Waals surface area (Å²) in [6.45, 7) is 1.91. The van der Waals surface area contributed by atoms with Gasteiger partial charge in [-0.25, -0.2) is 4.79 Å². The minimum Gasteiger partial charge on any atom is -0.456 e. The predicted molar refractivity (Wildman–Crippen MR) is 86.1 cm³/mol. The number of benzene rings is 2. The molecule has 112 valence electrons. The number of anilines is 1. The minimum atomic E-state index is -0.604. The first kappa shape index (κ1) is 15.9.